The van der Waals surface area contributed by atoms with E-state index in [2.05, 4.69) is 46.9 Å². The van der Waals surface area contributed by atoms with Gasteiger partial charge in [-0.25, -0.2) is 24.5 Å². The van der Waals surface area contributed by atoms with Crippen LogP contribution in [-0.2, 0) is 37.6 Å². The van der Waals surface area contributed by atoms with E-state index in [0.29, 0.717) is 11.2 Å². The second kappa shape index (κ2) is 10.5. The molecule has 3 aliphatic rings. The zero-order chi connectivity index (χ0) is 30.1. The van der Waals surface area contributed by atoms with Crippen LogP contribution in [0.1, 0.15) is 25.3 Å². The predicted octanol–water partition coefficient (Wildman–Crippen LogP) is -0.628. The molecule has 7 heterocycles. The number of H-pyrrole nitrogens is 1. The minimum Gasteiger partial charge on any atom is -0.382 e. The van der Waals surface area contributed by atoms with Crippen LogP contribution < -0.4 is 21.7 Å². The van der Waals surface area contributed by atoms with Gasteiger partial charge in [0.05, 0.1) is 38.0 Å². The van der Waals surface area contributed by atoms with Gasteiger partial charge in [-0.05, 0) is 0 Å². The standard InChI is InChI=1S/C20H24N11O9PS2/c21-15-13-16(24-5-23-15)30(6-25-13)12-2-9-11(39-12)4-36-41(33,42)40-10-1-8(3-37-43(34,35)29-9)38-19(10)31-7-26-14-17(31)27-20(22)28-18(14)32/h5-12,19,29H,1-4H2,(H,33,42)(H2,21,23,24)(H3,22,27,28,32)/t8-,9-,10+,11+,12+,19+,41-/m0/s1. The first-order chi connectivity index (χ1) is 20.5. The highest BCUT2D eigenvalue weighted by Gasteiger charge is 2.45. The normalized spacial score (nSPS) is 33.1. The van der Waals surface area contributed by atoms with Crippen LogP contribution in [0.5, 0.6) is 0 Å². The molecule has 0 amide bonds. The predicted molar refractivity (Wildman–Crippen MR) is 149 cm³/mol. The van der Waals surface area contributed by atoms with E-state index in [9.17, 15) is 17.8 Å². The van der Waals surface area contributed by atoms with E-state index in [1.807, 2.05) is 0 Å². The SMILES string of the molecule is Nc1nc2c(ncn2[C@@H]2O[C@@H]3COS(=O)(=O)N[C@H]4C[C@H](n5cnc6c(N)ncnc65)O[C@@H]4CO[P@](=O)(S)O[C@@H]2C3)c(=O)[nH]1. The summed E-state index contributed by atoms with van der Waals surface area (Å²) in [5, 5.41) is 0. The van der Waals surface area contributed by atoms with Gasteiger partial charge in [-0.15, -0.1) is 0 Å². The first-order valence-electron chi connectivity index (χ1n) is 12.7. The molecule has 3 saturated heterocycles. The molecular weight excluding hydrogens is 633 g/mol. The molecule has 0 spiro atoms. The molecule has 6 N–H and O–H groups in total. The Balaban J connectivity index is 1.17. The van der Waals surface area contributed by atoms with Gasteiger partial charge in [0.25, 0.3) is 5.56 Å². The zero-order valence-electron chi connectivity index (χ0n) is 21.8. The molecule has 0 unspecified atom stereocenters. The third kappa shape index (κ3) is 5.38. The van der Waals surface area contributed by atoms with E-state index in [1.165, 1.54) is 23.5 Å². The minimum atomic E-state index is -4.35. The number of anilines is 2. The number of nitrogens with zero attached hydrogens (tertiary/aromatic N) is 7. The maximum atomic E-state index is 13.4. The van der Waals surface area contributed by atoms with Crippen LogP contribution in [0.15, 0.2) is 23.8 Å². The summed E-state index contributed by atoms with van der Waals surface area (Å²) in [6.07, 6.45) is -0.523. The molecule has 20 nitrogen and oxygen atoms in total. The van der Waals surface area contributed by atoms with E-state index in [4.69, 9.17) is 34.2 Å². The maximum Gasteiger partial charge on any atom is 0.386 e. The van der Waals surface area contributed by atoms with Crippen molar-refractivity contribution in [3.63, 3.8) is 0 Å². The summed E-state index contributed by atoms with van der Waals surface area (Å²) in [6.45, 7) is -4.91. The molecule has 4 aromatic rings. The molecule has 3 fully saturated rings. The lowest BCUT2D eigenvalue weighted by atomic mass is 10.1. The monoisotopic (exact) mass is 657 g/mol. The van der Waals surface area contributed by atoms with Crippen molar-refractivity contribution < 1.29 is 35.7 Å². The van der Waals surface area contributed by atoms with E-state index in [-0.39, 0.29) is 42.4 Å². The average Bonchev–Trinajstić information content (AvgIpc) is 3.71. The van der Waals surface area contributed by atoms with Gasteiger partial charge in [0, 0.05) is 12.8 Å². The lowest BCUT2D eigenvalue weighted by molar-refractivity contribution is -0.0463. The molecule has 3 aliphatic heterocycles. The summed E-state index contributed by atoms with van der Waals surface area (Å²) in [5.74, 6) is 0.000862. The van der Waals surface area contributed by atoms with Crippen LogP contribution in [0.3, 0.4) is 0 Å². The van der Waals surface area contributed by atoms with Gasteiger partial charge >= 0.3 is 17.1 Å². The summed E-state index contributed by atoms with van der Waals surface area (Å²) in [5.41, 5.74) is 11.8. The Bertz CT molecular complexity index is 1930. The van der Waals surface area contributed by atoms with Gasteiger partial charge in [-0.2, -0.15) is 18.1 Å². The fourth-order valence-electron chi connectivity index (χ4n) is 5.31. The quantitative estimate of drug-likeness (QED) is 0.133. The number of rotatable bonds is 2. The second-order valence-corrected chi connectivity index (χ2v) is 14.2. The van der Waals surface area contributed by atoms with Gasteiger partial charge in [0.15, 0.2) is 28.9 Å². The Labute approximate surface area is 246 Å². The Hall–Kier alpha value is -3.21. The summed E-state index contributed by atoms with van der Waals surface area (Å²) >= 11 is 4.16. The molecular formula is C20H24N11O9PS2. The van der Waals surface area contributed by atoms with Crippen molar-refractivity contribution in [1.29, 1.82) is 0 Å². The van der Waals surface area contributed by atoms with Crippen LogP contribution in [0.2, 0.25) is 0 Å². The van der Waals surface area contributed by atoms with Crippen molar-refractivity contribution in [2.45, 2.75) is 49.7 Å². The van der Waals surface area contributed by atoms with Crippen LogP contribution in [0, 0.1) is 0 Å². The van der Waals surface area contributed by atoms with Crippen LogP contribution in [-0.4, -0.2) is 85.0 Å². The number of nitrogens with one attached hydrogen (secondary N) is 2. The number of fused-ring (bicyclic) bond motifs is 5. The smallest absolute Gasteiger partial charge is 0.382 e. The molecule has 2 bridgehead atoms. The molecule has 0 aromatic carbocycles. The van der Waals surface area contributed by atoms with Gasteiger partial charge in [0.1, 0.15) is 30.3 Å². The third-order valence-corrected chi connectivity index (χ3v) is 9.86. The van der Waals surface area contributed by atoms with Crippen molar-refractivity contribution in [3.8, 4) is 0 Å². The summed E-state index contributed by atoms with van der Waals surface area (Å²) in [7, 11) is -4.35. The van der Waals surface area contributed by atoms with Crippen molar-refractivity contribution in [1.82, 2.24) is 43.8 Å². The minimum absolute atomic E-state index is 0.0244. The zero-order valence-corrected chi connectivity index (χ0v) is 24.4. The molecule has 23 heteroatoms. The fourth-order valence-corrected chi connectivity index (χ4v) is 7.82. The van der Waals surface area contributed by atoms with E-state index in [0.717, 1.165) is 0 Å². The van der Waals surface area contributed by atoms with Crippen LogP contribution in [0.4, 0.5) is 11.8 Å². The number of nitrogens with two attached hydrogens (primary N) is 2. The Kier molecular flexibility index (Phi) is 6.94. The number of thiol groups is 1. The molecule has 0 aliphatic carbocycles. The lowest BCUT2D eigenvalue weighted by Gasteiger charge is -2.25. The van der Waals surface area contributed by atoms with E-state index in [1.54, 1.807) is 4.57 Å². The molecule has 43 heavy (non-hydrogen) atoms. The summed E-state index contributed by atoms with van der Waals surface area (Å²) in [6, 6.07) is -0.876. The first kappa shape index (κ1) is 28.6. The molecule has 4 aromatic heterocycles. The van der Waals surface area contributed by atoms with Crippen molar-refractivity contribution in [2.75, 3.05) is 24.7 Å². The number of aromatic amines is 1. The molecule has 0 radical (unpaired) electrons. The number of imidazole rings is 2. The van der Waals surface area contributed by atoms with Crippen molar-refractivity contribution in [2.24, 2.45) is 0 Å². The summed E-state index contributed by atoms with van der Waals surface area (Å²) in [4.78, 5) is 35.2. The third-order valence-electron chi connectivity index (χ3n) is 7.18. The number of ether oxygens (including phenoxy) is 2. The molecule has 230 valence electrons. The fraction of sp³-hybridized carbons (Fsp3) is 0.500. The van der Waals surface area contributed by atoms with Crippen molar-refractivity contribution in [3.05, 3.63) is 29.3 Å². The average molecular weight is 658 g/mol. The van der Waals surface area contributed by atoms with Crippen LogP contribution >= 0.6 is 19.0 Å². The van der Waals surface area contributed by atoms with Gasteiger partial charge in [-0.3, -0.25) is 32.1 Å². The van der Waals surface area contributed by atoms with Gasteiger partial charge < -0.3 is 20.9 Å². The van der Waals surface area contributed by atoms with E-state index < -0.39 is 66.1 Å². The number of aromatic nitrogens is 8. The largest absolute Gasteiger partial charge is 0.386 e. The Morgan fingerprint density at radius 2 is 1.79 bits per heavy atom. The molecule has 7 atom stereocenters. The highest BCUT2D eigenvalue weighted by molar-refractivity contribution is 8.44. The van der Waals surface area contributed by atoms with Crippen LogP contribution in [0.25, 0.3) is 22.3 Å². The molecule has 0 saturated carbocycles. The Morgan fingerprint density at radius 1 is 1.00 bits per heavy atom. The first-order valence-corrected chi connectivity index (χ1v) is 16.9. The van der Waals surface area contributed by atoms with Gasteiger partial charge in [0.2, 0.25) is 5.95 Å². The number of hydrogen-bond donors (Lipinski definition) is 5. The van der Waals surface area contributed by atoms with Crippen molar-refractivity contribution >= 4 is 63.4 Å². The highest BCUT2D eigenvalue weighted by atomic mass is 32.7. The number of hydrogen-bond acceptors (Lipinski definition) is 16. The van der Waals surface area contributed by atoms with E-state index >= 15 is 0 Å². The summed E-state index contributed by atoms with van der Waals surface area (Å²) < 4.78 is 73.7. The van der Waals surface area contributed by atoms with Gasteiger partial charge in [-0.1, -0.05) is 12.2 Å². The lowest BCUT2D eigenvalue weighted by Crippen LogP contribution is -2.43. The highest BCUT2D eigenvalue weighted by Crippen LogP contribution is 2.57. The number of nitrogen functional groups attached to an aromatic ring is 2. The topological polar surface area (TPSA) is 269 Å². The maximum absolute atomic E-state index is 13.4. The second-order valence-electron chi connectivity index (χ2n) is 9.98. The Morgan fingerprint density at radius 3 is 2.63 bits per heavy atom. The molecule has 7 rings (SSSR count).